The van der Waals surface area contributed by atoms with Crippen molar-refractivity contribution in [3.05, 3.63) is 42.1 Å². The Hall–Kier alpha value is -4.40. The minimum absolute atomic E-state index is 0.00569. The Balaban J connectivity index is 1.25. The fourth-order valence-corrected chi connectivity index (χ4v) is 9.81. The molecule has 2 aliphatic carbocycles. The van der Waals surface area contributed by atoms with Gasteiger partial charge in [-0.2, -0.15) is 0 Å². The maximum atomic E-state index is 15.0. The van der Waals surface area contributed by atoms with Crippen molar-refractivity contribution in [2.24, 2.45) is 17.8 Å². The molecule has 3 N–H and O–H groups in total. The van der Waals surface area contributed by atoms with Gasteiger partial charge in [-0.05, 0) is 97.0 Å². The zero-order valence-corrected chi connectivity index (χ0v) is 34.7. The molecule has 7 atom stereocenters. The molecule has 7 unspecified atom stereocenters. The van der Waals surface area contributed by atoms with Crippen LogP contribution in [-0.4, -0.2) is 89.3 Å². The lowest BCUT2D eigenvalue weighted by Gasteiger charge is -2.34. The van der Waals surface area contributed by atoms with Crippen molar-refractivity contribution in [2.45, 2.75) is 140 Å². The first-order valence-corrected chi connectivity index (χ1v) is 22.0. The number of carbonyl (C=O) groups is 4. The van der Waals surface area contributed by atoms with Crippen LogP contribution in [-0.2, 0) is 35.6 Å². The molecule has 14 nitrogen and oxygen atoms in total. The molecule has 3 aliphatic heterocycles. The summed E-state index contributed by atoms with van der Waals surface area (Å²) in [5.74, 6) is -1.35. The molecule has 310 valence electrons. The molecule has 15 heteroatoms. The number of fused-ring (bicyclic) bond motifs is 5. The van der Waals surface area contributed by atoms with Gasteiger partial charge in [0.05, 0.1) is 23.6 Å². The molecule has 1 saturated heterocycles. The van der Waals surface area contributed by atoms with E-state index in [1.807, 2.05) is 43.3 Å². The van der Waals surface area contributed by atoms with Crippen LogP contribution >= 0.6 is 0 Å². The Labute approximate surface area is 335 Å². The van der Waals surface area contributed by atoms with Crippen LogP contribution in [0.2, 0.25) is 0 Å². The molecule has 57 heavy (non-hydrogen) atoms. The molecule has 4 amide bonds. The molecule has 0 radical (unpaired) electrons. The predicted molar refractivity (Wildman–Crippen MR) is 213 cm³/mol. The summed E-state index contributed by atoms with van der Waals surface area (Å²) in [4.78, 5) is 63.4. The Morgan fingerprint density at radius 2 is 1.86 bits per heavy atom. The maximum absolute atomic E-state index is 15.0. The van der Waals surface area contributed by atoms with Crippen molar-refractivity contribution in [3.8, 4) is 11.6 Å². The summed E-state index contributed by atoms with van der Waals surface area (Å²) >= 11 is 0. The van der Waals surface area contributed by atoms with Gasteiger partial charge >= 0.3 is 6.09 Å². The fourth-order valence-electron chi connectivity index (χ4n) is 8.50. The van der Waals surface area contributed by atoms with Crippen molar-refractivity contribution >= 4 is 44.6 Å². The van der Waals surface area contributed by atoms with Crippen LogP contribution in [0.3, 0.4) is 0 Å². The van der Waals surface area contributed by atoms with Crippen molar-refractivity contribution in [3.63, 3.8) is 0 Å². The molecule has 7 rings (SSSR count). The van der Waals surface area contributed by atoms with E-state index in [4.69, 9.17) is 19.2 Å². The van der Waals surface area contributed by atoms with E-state index < -0.39 is 73.8 Å². The number of nitrogens with zero attached hydrogens (tertiary/aromatic N) is 2. The SMILES string of the molecule is CCC1CC(C)CCC=CC2CC2(C(=O)NS(=O)(=O)C2(C)CC2)NC(=O)C2CC(Oc3nc4c(c5ccccc35)OCCC4)CN2C(=O)C1NC(=O)OC(C)(C)C. The molecular weight excluding hydrogens is 751 g/mol. The molecular formula is C42H57N5O9S. The molecule has 5 aliphatic rings. The number of nitrogens with one attached hydrogen (secondary N) is 3. The van der Waals surface area contributed by atoms with Crippen molar-refractivity contribution in [1.29, 1.82) is 0 Å². The summed E-state index contributed by atoms with van der Waals surface area (Å²) in [6.45, 7) is 11.5. The lowest BCUT2D eigenvalue weighted by Crippen LogP contribution is -2.59. The van der Waals surface area contributed by atoms with E-state index >= 15 is 4.79 Å². The van der Waals surface area contributed by atoms with E-state index in [1.54, 1.807) is 27.7 Å². The minimum atomic E-state index is -4.00. The molecule has 2 saturated carbocycles. The van der Waals surface area contributed by atoms with Crippen LogP contribution in [0.5, 0.6) is 11.6 Å². The smallest absolute Gasteiger partial charge is 0.408 e. The highest BCUT2D eigenvalue weighted by atomic mass is 32.2. The highest BCUT2D eigenvalue weighted by molar-refractivity contribution is 7.91. The van der Waals surface area contributed by atoms with Gasteiger partial charge in [-0.25, -0.2) is 18.2 Å². The number of amides is 4. The molecule has 2 aromatic rings. The third kappa shape index (κ3) is 8.45. The van der Waals surface area contributed by atoms with E-state index in [-0.39, 0.29) is 31.2 Å². The van der Waals surface area contributed by atoms with Gasteiger partial charge in [0.1, 0.15) is 35.1 Å². The average molecular weight is 808 g/mol. The van der Waals surface area contributed by atoms with E-state index in [0.29, 0.717) is 51.0 Å². The third-order valence-electron chi connectivity index (χ3n) is 12.3. The number of alkyl carbamates (subject to hydrolysis) is 1. The van der Waals surface area contributed by atoms with Crippen LogP contribution in [0.1, 0.15) is 105 Å². The van der Waals surface area contributed by atoms with Crippen molar-refractivity contribution < 1.29 is 41.8 Å². The van der Waals surface area contributed by atoms with E-state index in [1.165, 1.54) is 4.90 Å². The first-order valence-electron chi connectivity index (χ1n) is 20.5. The maximum Gasteiger partial charge on any atom is 0.408 e. The topological polar surface area (TPSA) is 182 Å². The lowest BCUT2D eigenvalue weighted by atomic mass is 9.85. The first kappa shape index (κ1) is 40.8. The number of pyridine rings is 1. The van der Waals surface area contributed by atoms with Gasteiger partial charge in [0.2, 0.25) is 27.7 Å². The van der Waals surface area contributed by atoms with Crippen LogP contribution in [0.15, 0.2) is 36.4 Å². The summed E-state index contributed by atoms with van der Waals surface area (Å²) in [7, 11) is -4.00. The molecule has 1 aromatic carbocycles. The van der Waals surface area contributed by atoms with Crippen LogP contribution in [0.4, 0.5) is 4.79 Å². The number of hydrogen-bond acceptors (Lipinski definition) is 10. The van der Waals surface area contributed by atoms with Gasteiger partial charge in [0.25, 0.3) is 5.91 Å². The number of sulfonamides is 1. The Morgan fingerprint density at radius 3 is 2.56 bits per heavy atom. The van der Waals surface area contributed by atoms with Crippen molar-refractivity contribution in [1.82, 2.24) is 25.2 Å². The number of carbonyl (C=O) groups excluding carboxylic acids is 4. The second-order valence-corrected chi connectivity index (χ2v) is 20.2. The Bertz CT molecular complexity index is 2060. The Morgan fingerprint density at radius 1 is 1.12 bits per heavy atom. The van der Waals surface area contributed by atoms with Gasteiger partial charge in [0, 0.05) is 23.1 Å². The zero-order chi connectivity index (χ0) is 40.9. The summed E-state index contributed by atoms with van der Waals surface area (Å²) in [6, 6.07) is 5.51. The minimum Gasteiger partial charge on any atom is -0.491 e. The molecule has 0 spiro atoms. The van der Waals surface area contributed by atoms with E-state index in [9.17, 15) is 22.8 Å². The number of hydrogen-bond donors (Lipinski definition) is 3. The largest absolute Gasteiger partial charge is 0.491 e. The van der Waals surface area contributed by atoms with Crippen molar-refractivity contribution in [2.75, 3.05) is 13.2 Å². The van der Waals surface area contributed by atoms with Gasteiger partial charge in [-0.3, -0.25) is 19.1 Å². The fraction of sp³-hybridized carbons (Fsp3) is 0.643. The number of ether oxygens (including phenoxy) is 3. The molecule has 3 fully saturated rings. The standard InChI is InChI=1S/C42H57N5O9S/c1-7-26-21-25(2)13-8-9-14-27-23-42(27,38(50)46-57(52,53)41(6)18-19-41)45-35(48)32-22-28(24-47(32)37(49)33(26)44-39(51)56-40(3,4)5)55-36-30-16-11-10-15-29(30)34-31(43-36)17-12-20-54-34/h9-11,14-16,25-28,32-33H,7-8,12-13,17-24H2,1-6H3,(H,44,51)(H,45,48)(H,46,50). The molecule has 1 aromatic heterocycles. The van der Waals surface area contributed by atoms with Gasteiger partial charge in [0.15, 0.2) is 0 Å². The second-order valence-electron chi connectivity index (χ2n) is 18.0. The van der Waals surface area contributed by atoms with E-state index in [2.05, 4.69) is 22.3 Å². The highest BCUT2D eigenvalue weighted by Crippen LogP contribution is 2.48. The van der Waals surface area contributed by atoms with Gasteiger partial charge in [-0.15, -0.1) is 0 Å². The number of allylic oxidation sites excluding steroid dienone is 1. The third-order valence-corrected chi connectivity index (χ3v) is 14.4. The van der Waals surface area contributed by atoms with Gasteiger partial charge in [-0.1, -0.05) is 50.6 Å². The van der Waals surface area contributed by atoms with Crippen LogP contribution < -0.4 is 24.8 Å². The van der Waals surface area contributed by atoms with Crippen LogP contribution in [0, 0.1) is 17.8 Å². The molecule has 0 bridgehead atoms. The quantitative estimate of drug-likeness (QED) is 0.320. The van der Waals surface area contributed by atoms with Gasteiger partial charge < -0.3 is 29.7 Å². The number of aromatic nitrogens is 1. The molecule has 4 heterocycles. The monoisotopic (exact) mass is 807 g/mol. The van der Waals surface area contributed by atoms with E-state index in [0.717, 1.165) is 35.1 Å². The highest BCUT2D eigenvalue weighted by Gasteiger charge is 2.63. The average Bonchev–Trinajstić information content (AvgIpc) is 4.04. The predicted octanol–water partition coefficient (Wildman–Crippen LogP) is 5.08. The summed E-state index contributed by atoms with van der Waals surface area (Å²) in [6.07, 6.45) is 7.75. The second kappa shape index (κ2) is 15.4. The summed E-state index contributed by atoms with van der Waals surface area (Å²) in [5, 5.41) is 7.41. The van der Waals surface area contributed by atoms with Crippen LogP contribution in [0.25, 0.3) is 10.8 Å². The zero-order valence-electron chi connectivity index (χ0n) is 33.9. The Kier molecular flexibility index (Phi) is 11.0. The number of rotatable bonds is 7. The summed E-state index contributed by atoms with van der Waals surface area (Å²) < 4.78 is 46.1. The lowest BCUT2D eigenvalue weighted by molar-refractivity contribution is -0.142. The number of aryl methyl sites for hydroxylation is 1. The number of benzene rings is 1. The first-order chi connectivity index (χ1) is 26.9. The summed E-state index contributed by atoms with van der Waals surface area (Å²) in [5.41, 5.74) is -1.57. The normalized spacial score (nSPS) is 30.0.